The number of ether oxygens (including phenoxy) is 1. The van der Waals surface area contributed by atoms with Gasteiger partial charge in [-0.1, -0.05) is 25.1 Å². The van der Waals surface area contributed by atoms with E-state index >= 15 is 0 Å². The Bertz CT molecular complexity index is 619. The summed E-state index contributed by atoms with van der Waals surface area (Å²) in [7, 11) is 1.74. The molecule has 6 heteroatoms. The number of aryl methyl sites for hydroxylation is 1. The maximum absolute atomic E-state index is 5.55. The molecule has 0 amide bonds. The van der Waals surface area contributed by atoms with Crippen molar-refractivity contribution >= 4 is 23.7 Å². The molecular weight excluding hydrogens is 330 g/mol. The molecule has 3 rings (SSSR count). The minimum Gasteiger partial charge on any atom is -0.496 e. The number of hydrogen-bond acceptors (Lipinski definition) is 5. The molecule has 2 aromatic rings. The van der Waals surface area contributed by atoms with Gasteiger partial charge in [0.1, 0.15) is 5.75 Å². The summed E-state index contributed by atoms with van der Waals surface area (Å²) < 4.78 is 5.55. The quantitative estimate of drug-likeness (QED) is 0.895. The number of hydrogen-bond donors (Lipinski definition) is 1. The maximum Gasteiger partial charge on any atom is 0.123 e. The van der Waals surface area contributed by atoms with Gasteiger partial charge < -0.3 is 10.1 Å². The Morgan fingerprint density at radius 1 is 1.39 bits per heavy atom. The lowest BCUT2D eigenvalue weighted by atomic mass is 10.0. The second-order valence-corrected chi connectivity index (χ2v) is 6.46. The molecule has 0 spiro atoms. The summed E-state index contributed by atoms with van der Waals surface area (Å²) >= 11 is 1.76. The minimum atomic E-state index is 0. The average molecular weight is 354 g/mol. The zero-order valence-electron chi connectivity index (χ0n) is 13.6. The molecule has 0 saturated carbocycles. The molecule has 0 aliphatic carbocycles. The normalized spacial score (nSPS) is 18.4. The van der Waals surface area contributed by atoms with E-state index in [1.807, 2.05) is 12.1 Å². The largest absolute Gasteiger partial charge is 0.496 e. The fraction of sp³-hybridized carbons (Fsp3) is 0.471. The van der Waals surface area contributed by atoms with Crippen molar-refractivity contribution in [1.82, 2.24) is 15.2 Å². The highest BCUT2D eigenvalue weighted by Crippen LogP contribution is 2.31. The molecule has 2 heterocycles. The van der Waals surface area contributed by atoms with Crippen LogP contribution in [0, 0.1) is 0 Å². The number of nitrogens with one attached hydrogen (secondary N) is 1. The molecule has 1 aromatic heterocycles. The lowest BCUT2D eigenvalue weighted by molar-refractivity contribution is 0.149. The van der Waals surface area contributed by atoms with Crippen molar-refractivity contribution in [3.05, 3.63) is 45.9 Å². The lowest BCUT2D eigenvalue weighted by Crippen LogP contribution is -2.45. The van der Waals surface area contributed by atoms with E-state index in [9.17, 15) is 0 Å². The monoisotopic (exact) mass is 353 g/mol. The molecule has 126 valence electrons. The molecule has 1 aliphatic heterocycles. The molecule has 1 unspecified atom stereocenters. The highest BCUT2D eigenvalue weighted by molar-refractivity contribution is 7.09. The molecule has 1 N–H and O–H groups in total. The summed E-state index contributed by atoms with van der Waals surface area (Å²) in [6.45, 7) is 6.06. The first-order valence-electron chi connectivity index (χ1n) is 7.82. The average Bonchev–Trinajstić information content (AvgIpc) is 3.03. The highest BCUT2D eigenvalue weighted by Gasteiger charge is 2.26. The van der Waals surface area contributed by atoms with Gasteiger partial charge in [-0.3, -0.25) is 4.90 Å². The van der Waals surface area contributed by atoms with E-state index < -0.39 is 0 Å². The fourth-order valence-corrected chi connectivity index (χ4v) is 3.71. The second kappa shape index (κ2) is 8.64. The van der Waals surface area contributed by atoms with Crippen LogP contribution < -0.4 is 10.1 Å². The maximum atomic E-state index is 5.55. The summed E-state index contributed by atoms with van der Waals surface area (Å²) in [5.41, 5.74) is 2.44. The Balaban J connectivity index is 0.00000192. The van der Waals surface area contributed by atoms with Crippen molar-refractivity contribution in [2.75, 3.05) is 26.7 Å². The predicted molar refractivity (Wildman–Crippen MR) is 97.8 cm³/mol. The van der Waals surface area contributed by atoms with Crippen molar-refractivity contribution in [2.24, 2.45) is 0 Å². The van der Waals surface area contributed by atoms with Crippen molar-refractivity contribution in [2.45, 2.75) is 25.9 Å². The first-order valence-corrected chi connectivity index (χ1v) is 8.70. The summed E-state index contributed by atoms with van der Waals surface area (Å²) in [6, 6.07) is 8.65. The first-order chi connectivity index (χ1) is 10.8. The van der Waals surface area contributed by atoms with Crippen LogP contribution in [0.1, 0.15) is 29.2 Å². The third-order valence-electron chi connectivity index (χ3n) is 4.12. The van der Waals surface area contributed by atoms with Gasteiger partial charge in [0.25, 0.3) is 0 Å². The van der Waals surface area contributed by atoms with E-state index in [1.165, 1.54) is 16.3 Å². The van der Waals surface area contributed by atoms with Crippen LogP contribution in [0.2, 0.25) is 0 Å². The molecule has 0 bridgehead atoms. The highest BCUT2D eigenvalue weighted by atomic mass is 35.5. The van der Waals surface area contributed by atoms with Crippen LogP contribution in [0.25, 0.3) is 0 Å². The molecule has 1 saturated heterocycles. The van der Waals surface area contributed by atoms with Crippen LogP contribution in [0.4, 0.5) is 0 Å². The number of halogens is 1. The summed E-state index contributed by atoms with van der Waals surface area (Å²) in [6.07, 6.45) is 1.02. The van der Waals surface area contributed by atoms with Gasteiger partial charge in [0, 0.05) is 37.1 Å². The smallest absolute Gasteiger partial charge is 0.123 e. The van der Waals surface area contributed by atoms with E-state index in [-0.39, 0.29) is 12.4 Å². The Hall–Kier alpha value is -1.14. The van der Waals surface area contributed by atoms with Crippen molar-refractivity contribution < 1.29 is 4.74 Å². The van der Waals surface area contributed by atoms with E-state index in [0.29, 0.717) is 6.04 Å². The SMILES string of the molecule is CCc1nc(CN2CCNCC2c2ccccc2OC)cs1.Cl. The van der Waals surface area contributed by atoms with Gasteiger partial charge in [0.05, 0.1) is 23.9 Å². The van der Waals surface area contributed by atoms with E-state index in [2.05, 4.69) is 34.7 Å². The molecule has 4 nitrogen and oxygen atoms in total. The number of piperazine rings is 1. The molecule has 0 radical (unpaired) electrons. The minimum absolute atomic E-state index is 0. The third kappa shape index (κ3) is 4.23. The number of para-hydroxylation sites is 1. The number of thiazole rings is 1. The third-order valence-corrected chi connectivity index (χ3v) is 5.16. The van der Waals surface area contributed by atoms with Crippen LogP contribution in [-0.2, 0) is 13.0 Å². The number of benzene rings is 1. The van der Waals surface area contributed by atoms with Gasteiger partial charge in [0.2, 0.25) is 0 Å². The molecule has 1 atom stereocenters. The summed E-state index contributed by atoms with van der Waals surface area (Å²) in [4.78, 5) is 7.22. The summed E-state index contributed by atoms with van der Waals surface area (Å²) in [5.74, 6) is 0.966. The van der Waals surface area contributed by atoms with Gasteiger partial charge in [-0.2, -0.15) is 0 Å². The van der Waals surface area contributed by atoms with Gasteiger partial charge in [0.15, 0.2) is 0 Å². The van der Waals surface area contributed by atoms with Crippen LogP contribution in [0.3, 0.4) is 0 Å². The van der Waals surface area contributed by atoms with Crippen molar-refractivity contribution in [1.29, 1.82) is 0 Å². The Kier molecular flexibility index (Phi) is 6.84. The van der Waals surface area contributed by atoms with Crippen LogP contribution in [-0.4, -0.2) is 36.6 Å². The molecule has 1 aromatic carbocycles. The lowest BCUT2D eigenvalue weighted by Gasteiger charge is -2.36. The molecule has 23 heavy (non-hydrogen) atoms. The number of rotatable bonds is 5. The fourth-order valence-electron chi connectivity index (χ4n) is 2.98. The van der Waals surface area contributed by atoms with Gasteiger partial charge >= 0.3 is 0 Å². The van der Waals surface area contributed by atoms with Gasteiger partial charge in [-0.05, 0) is 12.5 Å². The summed E-state index contributed by atoms with van der Waals surface area (Å²) in [5, 5.41) is 6.92. The Morgan fingerprint density at radius 2 is 2.22 bits per heavy atom. The van der Waals surface area contributed by atoms with Gasteiger partial charge in [-0.15, -0.1) is 23.7 Å². The number of methoxy groups -OCH3 is 1. The topological polar surface area (TPSA) is 37.4 Å². The molecule has 1 fully saturated rings. The van der Waals surface area contributed by atoms with Crippen LogP contribution in [0.5, 0.6) is 5.75 Å². The number of nitrogens with zero attached hydrogens (tertiary/aromatic N) is 2. The number of aromatic nitrogens is 1. The first kappa shape index (κ1) is 18.2. The molecule has 1 aliphatic rings. The van der Waals surface area contributed by atoms with Gasteiger partial charge in [-0.25, -0.2) is 4.98 Å². The predicted octanol–water partition coefficient (Wildman–Crippen LogP) is 3.28. The standard InChI is InChI=1S/C17H23N3OS.ClH/c1-3-17-19-13(12-22-17)11-20-9-8-18-10-15(20)14-6-4-5-7-16(14)21-2;/h4-7,12,15,18H,3,8-11H2,1-2H3;1H. The van der Waals surface area contributed by atoms with Crippen LogP contribution >= 0.6 is 23.7 Å². The Morgan fingerprint density at radius 3 is 2.96 bits per heavy atom. The zero-order valence-corrected chi connectivity index (χ0v) is 15.3. The van der Waals surface area contributed by atoms with E-state index in [0.717, 1.165) is 38.3 Å². The van der Waals surface area contributed by atoms with E-state index in [4.69, 9.17) is 9.72 Å². The van der Waals surface area contributed by atoms with Crippen molar-refractivity contribution in [3.63, 3.8) is 0 Å². The Labute approximate surface area is 148 Å². The second-order valence-electron chi connectivity index (χ2n) is 5.52. The van der Waals surface area contributed by atoms with Crippen LogP contribution in [0.15, 0.2) is 29.6 Å². The van der Waals surface area contributed by atoms with E-state index in [1.54, 1.807) is 18.4 Å². The molecular formula is C17H24ClN3OS. The zero-order chi connectivity index (χ0) is 15.4. The van der Waals surface area contributed by atoms with Crippen molar-refractivity contribution in [3.8, 4) is 5.75 Å².